The maximum atomic E-state index is 13.2. The van der Waals surface area contributed by atoms with E-state index in [1.54, 1.807) is 72.9 Å². The van der Waals surface area contributed by atoms with Crippen molar-refractivity contribution in [1.29, 1.82) is 0 Å². The lowest BCUT2D eigenvalue weighted by Gasteiger charge is -2.39. The molecule has 3 aliphatic heterocycles. The maximum absolute atomic E-state index is 13.2. The zero-order valence-corrected chi connectivity index (χ0v) is 61.3. The number of anilines is 1. The van der Waals surface area contributed by atoms with Crippen molar-refractivity contribution in [1.82, 2.24) is 55.4 Å². The Morgan fingerprint density at radius 1 is 0.709 bits per heavy atom. The number of ether oxygens (including phenoxy) is 2. The molecule has 4 fully saturated rings. The van der Waals surface area contributed by atoms with Gasteiger partial charge in [-0.25, -0.2) is 31.8 Å². The van der Waals surface area contributed by atoms with Crippen LogP contribution in [0.5, 0.6) is 11.5 Å². The van der Waals surface area contributed by atoms with Gasteiger partial charge in [-0.3, -0.25) is 14.7 Å². The summed E-state index contributed by atoms with van der Waals surface area (Å²) in [4.78, 5) is 74.8. The number of amides is 4. The summed E-state index contributed by atoms with van der Waals surface area (Å²) in [6, 6.07) is 33.9. The normalized spacial score (nSPS) is 18.6. The van der Waals surface area contributed by atoms with Crippen LogP contribution in [0.3, 0.4) is 0 Å². The zero-order valence-electron chi connectivity index (χ0n) is 57.5. The molecule has 4 aliphatic rings. The number of aliphatic hydroxyl groups excluding tert-OH is 1. The van der Waals surface area contributed by atoms with Crippen LogP contribution in [0.1, 0.15) is 95.6 Å². The van der Waals surface area contributed by atoms with Gasteiger partial charge in [-0.2, -0.15) is 5.10 Å². The number of hydrogen-bond acceptors (Lipinski definition) is 14. The van der Waals surface area contributed by atoms with Crippen LogP contribution in [0, 0.1) is 23.6 Å². The number of β-amino-alcohol motifs (C(OH)–C–C–N with tert-alkyl or cyclic N) is 1. The highest BCUT2D eigenvalue weighted by atomic mass is 35.5. The molecule has 1 saturated carbocycles. The predicted molar refractivity (Wildman–Crippen MR) is 416 cm³/mol. The Labute approximate surface area is 626 Å². The van der Waals surface area contributed by atoms with Crippen molar-refractivity contribution >= 4 is 113 Å². The van der Waals surface area contributed by atoms with Gasteiger partial charge in [0.15, 0.2) is 9.84 Å². The molecule has 3 saturated heterocycles. The van der Waals surface area contributed by atoms with E-state index < -0.39 is 33.2 Å². The Kier molecular flexibility index (Phi) is 26.3. The van der Waals surface area contributed by atoms with Crippen molar-refractivity contribution < 1.29 is 50.3 Å². The molecule has 5 atom stereocenters. The number of urea groups is 1. The van der Waals surface area contributed by atoms with Gasteiger partial charge in [0.05, 0.1) is 59.4 Å². The van der Waals surface area contributed by atoms with E-state index in [9.17, 15) is 41.9 Å². The fraction of sp³-hybridized carbons (Fsp3) is 0.413. The summed E-state index contributed by atoms with van der Waals surface area (Å²) < 4.78 is 50.0. The van der Waals surface area contributed by atoms with E-state index >= 15 is 0 Å². The minimum atomic E-state index is -3.48. The Bertz CT molecular complexity index is 4670. The summed E-state index contributed by atoms with van der Waals surface area (Å²) in [7, 11) is -3.48. The van der Waals surface area contributed by atoms with E-state index in [0.29, 0.717) is 78.5 Å². The summed E-state index contributed by atoms with van der Waals surface area (Å²) in [5.41, 5.74) is 3.36. The van der Waals surface area contributed by atoms with Crippen LogP contribution in [0.25, 0.3) is 32.7 Å². The standard InChI is InChI=1S/C27H34FN5O.C26H29Cl2N3O5S.C22H24Cl2N4O4.6H2/c28-23-9-7-19(8-10-23)14-20-4-3-13-33(17-20)18-21-5-1-2-6-25(21)31-27(34)30-24-11-12-26-22(15-24)16-29-32-26;1-16(15-31-9-7-17(8-10-31)36-18-3-6-23(27)24(28)11-18)13-29-26(33)22-14-30-25(32)21-12-19(37(2,34)35)4-5-20(21)22;23-17-6-5-16(11-18(17)24)32-15-7-9-27(10-8-15)13-14(29)12-25-21(30)28-20-4-2-1-3-19(20)26-22(28)31;;;;;;/h7-12,15-16,20-21,25H,1-6,13-14,17-18H2,(H,29,32)(H2,30,31,34);3-6,11-12,14,16-17H,7-10,13,15H2,1-2H3,(H,29,33)(H,30,32);1-6,11,14-15,29H,7-10,12-13H2,(H,25,30)(H,26,31);6*1H/t20-,21-,25+;16-;14-;;;;;;/m011....../s1. The van der Waals surface area contributed by atoms with Crippen LogP contribution >= 0.6 is 46.4 Å². The molecule has 0 radical (unpaired) electrons. The van der Waals surface area contributed by atoms with Crippen LogP contribution in [-0.2, 0) is 16.3 Å². The highest BCUT2D eigenvalue weighted by Gasteiger charge is 2.31. The molecule has 3 aromatic heterocycles. The van der Waals surface area contributed by atoms with Crippen LogP contribution in [0.2, 0.25) is 20.1 Å². The van der Waals surface area contributed by atoms with Gasteiger partial charge in [-0.15, -0.1) is 0 Å². The number of imidazole rings is 1. The third kappa shape index (κ3) is 21.3. The van der Waals surface area contributed by atoms with E-state index in [0.717, 1.165) is 131 Å². The van der Waals surface area contributed by atoms with E-state index in [1.165, 1.54) is 49.2 Å². The number of rotatable bonds is 20. The Balaban J connectivity index is 0.000000286. The number of aliphatic hydroxyl groups is 1. The minimum Gasteiger partial charge on any atom is -0.490 e. The molecule has 103 heavy (non-hydrogen) atoms. The fourth-order valence-electron chi connectivity index (χ4n) is 14.1. The van der Waals surface area contributed by atoms with E-state index in [-0.39, 0.29) is 67.3 Å². The van der Waals surface area contributed by atoms with E-state index in [1.807, 2.05) is 36.4 Å². The van der Waals surface area contributed by atoms with E-state index in [4.69, 9.17) is 55.9 Å². The Hall–Kier alpha value is -8.04. The number of hydrogen-bond donors (Lipinski definition) is 8. The molecule has 0 bridgehead atoms. The largest absolute Gasteiger partial charge is 0.490 e. The molecular weight excluding hydrogens is 1420 g/mol. The highest BCUT2D eigenvalue weighted by molar-refractivity contribution is 7.90. The second kappa shape index (κ2) is 35.6. The molecule has 560 valence electrons. The van der Waals surface area contributed by atoms with Gasteiger partial charge >= 0.3 is 17.8 Å². The molecule has 6 aromatic carbocycles. The van der Waals surface area contributed by atoms with Crippen molar-refractivity contribution in [3.05, 3.63) is 192 Å². The van der Waals surface area contributed by atoms with Gasteiger partial charge in [-0.1, -0.05) is 96.5 Å². The van der Waals surface area contributed by atoms with Gasteiger partial charge in [0.2, 0.25) is 0 Å². The summed E-state index contributed by atoms with van der Waals surface area (Å²) in [6.45, 7) is 10.4. The SMILES string of the molecule is C[C@H](CNC(=O)c1c[nH]c(=O)c2cc(S(C)(=O)=O)ccc12)CN1CCC(Oc2ccc(Cl)c(Cl)c2)CC1.O=C(NC[C@@H](O)CN1CCC(Oc2ccc(Cl)c(Cl)c2)CC1)n1c(=O)[nH]c2ccccc21.O=C(Nc1ccc2[nH]ncc2c1)N[C@@H]1CCCC[C@H]1CN1CCC[C@@H](Cc2ccc(F)cc2)C1.[HH].[HH].[HH].[HH].[HH].[HH]. The number of aromatic amines is 3. The quantitative estimate of drug-likeness (QED) is 0.0352. The van der Waals surface area contributed by atoms with Crippen LogP contribution in [0.15, 0.2) is 148 Å². The number of benzene rings is 6. The Morgan fingerprint density at radius 2 is 1.38 bits per heavy atom. The lowest BCUT2D eigenvalue weighted by molar-refractivity contribution is 0.0620. The minimum absolute atomic E-state index is 0. The third-order valence-corrected chi connectivity index (χ3v) is 22.0. The van der Waals surface area contributed by atoms with Crippen molar-refractivity contribution in [2.24, 2.45) is 17.8 Å². The number of nitrogens with zero attached hydrogens (tertiary/aromatic N) is 5. The first-order valence-corrected chi connectivity index (χ1v) is 38.4. The zero-order chi connectivity index (χ0) is 72.7. The van der Waals surface area contributed by atoms with Gasteiger partial charge in [0.1, 0.15) is 29.5 Å². The number of carbonyl (C=O) groups excluding carboxylic acids is 3. The molecule has 6 heterocycles. The van der Waals surface area contributed by atoms with Crippen molar-refractivity contribution in [2.75, 3.05) is 83.6 Å². The average Bonchev–Trinajstić information content (AvgIpc) is 1.32. The number of carbonyl (C=O) groups is 3. The van der Waals surface area contributed by atoms with Gasteiger partial charge in [0, 0.05) is 126 Å². The molecule has 13 rings (SSSR count). The molecule has 1 aliphatic carbocycles. The number of para-hydroxylation sites is 2. The summed E-state index contributed by atoms with van der Waals surface area (Å²) in [5, 5.41) is 32.7. The van der Waals surface area contributed by atoms with Crippen LogP contribution < -0.4 is 42.0 Å². The van der Waals surface area contributed by atoms with Crippen molar-refractivity contribution in [3.8, 4) is 11.5 Å². The number of fused-ring (bicyclic) bond motifs is 3. The summed E-state index contributed by atoms with van der Waals surface area (Å²) >= 11 is 24.0. The highest BCUT2D eigenvalue weighted by Crippen LogP contribution is 2.32. The van der Waals surface area contributed by atoms with Gasteiger partial charge in [0.25, 0.3) is 11.5 Å². The topological polar surface area (TPSA) is 281 Å². The number of likely N-dealkylation sites (tertiary alicyclic amines) is 3. The molecule has 8 N–H and O–H groups in total. The molecule has 0 spiro atoms. The molecule has 0 unspecified atom stereocenters. The summed E-state index contributed by atoms with van der Waals surface area (Å²) in [5.74, 6) is 2.18. The summed E-state index contributed by atoms with van der Waals surface area (Å²) in [6.07, 6.45) is 15.0. The maximum Gasteiger partial charge on any atom is 0.334 e. The molecule has 4 amide bonds. The van der Waals surface area contributed by atoms with Crippen LogP contribution in [-0.4, -0.2) is 174 Å². The van der Waals surface area contributed by atoms with E-state index in [2.05, 4.69) is 63.1 Å². The molecule has 22 nitrogen and oxygen atoms in total. The smallest absolute Gasteiger partial charge is 0.334 e. The second-order valence-corrected chi connectivity index (χ2v) is 31.0. The second-order valence-electron chi connectivity index (χ2n) is 27.4. The third-order valence-electron chi connectivity index (χ3n) is 19.4. The fourth-order valence-corrected chi connectivity index (χ4v) is 15.3. The number of pyridine rings is 1. The average molecular weight is 1520 g/mol. The monoisotopic (exact) mass is 1520 g/mol. The molecular formula is C75H99Cl4FN12O10S. The number of aromatic nitrogens is 5. The molecule has 28 heteroatoms. The lowest BCUT2D eigenvalue weighted by Crippen LogP contribution is -2.49. The van der Waals surface area contributed by atoms with Gasteiger partial charge in [-0.05, 0) is 167 Å². The number of piperidine rings is 3. The van der Waals surface area contributed by atoms with Gasteiger partial charge < -0.3 is 60.5 Å². The number of H-pyrrole nitrogens is 3. The molecule has 9 aromatic rings. The first-order valence-electron chi connectivity index (χ1n) is 35.0. The lowest BCUT2D eigenvalue weighted by atomic mass is 9.83. The number of nitrogens with one attached hydrogen (secondary N) is 7. The first kappa shape index (κ1) is 76.1. The number of halogens is 5. The van der Waals surface area contributed by atoms with Crippen molar-refractivity contribution in [2.45, 2.75) is 107 Å². The van der Waals surface area contributed by atoms with Crippen LogP contribution in [0.4, 0.5) is 19.7 Å². The predicted octanol–water partition coefficient (Wildman–Crippen LogP) is 14.1. The van der Waals surface area contributed by atoms with Crippen molar-refractivity contribution in [3.63, 3.8) is 0 Å². The first-order chi connectivity index (χ1) is 49.5. The number of sulfone groups is 1. The Morgan fingerprint density at radius 3 is 2.06 bits per heavy atom.